The molecule has 0 aliphatic rings. The Kier molecular flexibility index (Phi) is 15.7. The third kappa shape index (κ3) is 14.9. The molecule has 33 heavy (non-hydrogen) atoms. The number of benzene rings is 1. The first-order valence-corrected chi connectivity index (χ1v) is 13.7. The summed E-state index contributed by atoms with van der Waals surface area (Å²) in [5, 5.41) is 15.9. The topological polar surface area (TPSA) is 61.4 Å². The summed E-state index contributed by atoms with van der Waals surface area (Å²) in [6.45, 7) is 9.12. The average Bonchev–Trinajstić information content (AvgIpc) is 2.76. The number of phenolic OH excluding ortho intramolecular Hbond substituents is 1. The minimum absolute atomic E-state index is 0.175. The molecule has 1 rings (SSSR count). The third-order valence-corrected chi connectivity index (χ3v) is 6.38. The molecule has 0 radical (unpaired) electrons. The van der Waals surface area contributed by atoms with Crippen molar-refractivity contribution >= 4 is 11.7 Å². The minimum atomic E-state index is -0.179. The molecular weight excluding hydrogens is 408 g/mol. The van der Waals surface area contributed by atoms with Crippen LogP contribution >= 0.6 is 0 Å². The molecule has 0 unspecified atom stereocenters. The Hall–Kier alpha value is -1.71. The van der Waals surface area contributed by atoms with Gasteiger partial charge in [0.15, 0.2) is 0 Å². The van der Waals surface area contributed by atoms with Crippen LogP contribution in [0, 0.1) is 0 Å². The van der Waals surface area contributed by atoms with Gasteiger partial charge in [0.1, 0.15) is 5.75 Å². The van der Waals surface area contributed by atoms with E-state index in [9.17, 15) is 9.90 Å². The van der Waals surface area contributed by atoms with Crippen LogP contribution in [0.25, 0.3) is 0 Å². The molecule has 4 nitrogen and oxygen atoms in total. The third-order valence-electron chi connectivity index (χ3n) is 6.38. The Morgan fingerprint density at radius 3 is 1.67 bits per heavy atom. The summed E-state index contributed by atoms with van der Waals surface area (Å²) in [7, 11) is 0. The van der Waals surface area contributed by atoms with E-state index in [0.717, 1.165) is 12.0 Å². The largest absolute Gasteiger partial charge is 0.508 e. The zero-order chi connectivity index (χ0) is 24.4. The fraction of sp³-hybridized carbons (Fsp3) is 0.759. The van der Waals surface area contributed by atoms with Crippen LogP contribution in [0.1, 0.15) is 136 Å². The predicted molar refractivity (Wildman–Crippen MR) is 143 cm³/mol. The van der Waals surface area contributed by atoms with Crippen molar-refractivity contribution in [1.29, 1.82) is 0 Å². The molecule has 0 fully saturated rings. The second-order valence-corrected chi connectivity index (χ2v) is 10.7. The van der Waals surface area contributed by atoms with E-state index < -0.39 is 0 Å². The number of phenols is 1. The van der Waals surface area contributed by atoms with Crippen LogP contribution in [0.5, 0.6) is 5.75 Å². The molecule has 0 saturated carbocycles. The molecule has 0 aliphatic carbocycles. The molecule has 4 heteroatoms. The molecule has 0 aliphatic heterocycles. The first-order valence-electron chi connectivity index (χ1n) is 13.7. The van der Waals surface area contributed by atoms with Crippen molar-refractivity contribution in [2.75, 3.05) is 11.9 Å². The van der Waals surface area contributed by atoms with Gasteiger partial charge in [-0.3, -0.25) is 0 Å². The first-order chi connectivity index (χ1) is 15.8. The lowest BCUT2D eigenvalue weighted by Gasteiger charge is -2.21. The number of rotatable bonds is 18. The average molecular weight is 461 g/mol. The van der Waals surface area contributed by atoms with Crippen molar-refractivity contribution in [3.8, 4) is 5.75 Å². The normalized spacial score (nSPS) is 11.5. The Morgan fingerprint density at radius 2 is 1.21 bits per heavy atom. The summed E-state index contributed by atoms with van der Waals surface area (Å²) in [4.78, 5) is 12.1. The van der Waals surface area contributed by atoms with E-state index in [2.05, 4.69) is 17.6 Å². The van der Waals surface area contributed by atoms with Crippen molar-refractivity contribution in [2.24, 2.45) is 0 Å². The molecule has 0 atom stereocenters. The van der Waals surface area contributed by atoms with Crippen molar-refractivity contribution in [3.05, 3.63) is 23.8 Å². The number of hydrogen-bond acceptors (Lipinski definition) is 2. The van der Waals surface area contributed by atoms with Gasteiger partial charge in [0.05, 0.1) is 0 Å². The minimum Gasteiger partial charge on any atom is -0.508 e. The Balaban J connectivity index is 1.94. The van der Waals surface area contributed by atoms with Crippen LogP contribution in [-0.2, 0) is 5.41 Å². The molecule has 0 aromatic heterocycles. The quantitative estimate of drug-likeness (QED) is 0.151. The SMILES string of the molecule is CCCCCCCCCCCCCCCCCCNC(=O)Nc1ccc(O)c(C(C)(C)C)c1. The van der Waals surface area contributed by atoms with Gasteiger partial charge in [0, 0.05) is 17.8 Å². The Morgan fingerprint density at radius 1 is 0.758 bits per heavy atom. The number of aromatic hydroxyl groups is 1. The van der Waals surface area contributed by atoms with Crippen LogP contribution in [0.15, 0.2) is 18.2 Å². The maximum Gasteiger partial charge on any atom is 0.319 e. The van der Waals surface area contributed by atoms with Crippen LogP contribution in [0.3, 0.4) is 0 Å². The highest BCUT2D eigenvalue weighted by molar-refractivity contribution is 5.89. The van der Waals surface area contributed by atoms with E-state index in [0.29, 0.717) is 12.2 Å². The number of unbranched alkanes of at least 4 members (excludes halogenated alkanes) is 15. The number of amides is 2. The van der Waals surface area contributed by atoms with Crippen molar-refractivity contribution in [3.63, 3.8) is 0 Å². The van der Waals surface area contributed by atoms with Gasteiger partial charge in [0.2, 0.25) is 0 Å². The molecule has 3 N–H and O–H groups in total. The molecule has 1 aromatic rings. The Bertz CT molecular complexity index is 637. The smallest absolute Gasteiger partial charge is 0.319 e. The monoisotopic (exact) mass is 460 g/mol. The van der Waals surface area contributed by atoms with Gasteiger partial charge in [-0.25, -0.2) is 4.79 Å². The van der Waals surface area contributed by atoms with E-state index in [-0.39, 0.29) is 17.2 Å². The summed E-state index contributed by atoms with van der Waals surface area (Å²) >= 11 is 0. The van der Waals surface area contributed by atoms with Crippen LogP contribution in [0.2, 0.25) is 0 Å². The van der Waals surface area contributed by atoms with Crippen LogP contribution in [-0.4, -0.2) is 17.7 Å². The van der Waals surface area contributed by atoms with Gasteiger partial charge in [-0.1, -0.05) is 124 Å². The molecule has 0 bridgehead atoms. The number of hydrogen-bond donors (Lipinski definition) is 3. The highest BCUT2D eigenvalue weighted by atomic mass is 16.3. The van der Waals surface area contributed by atoms with Gasteiger partial charge < -0.3 is 15.7 Å². The summed E-state index contributed by atoms with van der Waals surface area (Å²) in [5.41, 5.74) is 1.37. The van der Waals surface area contributed by atoms with Crippen molar-refractivity contribution < 1.29 is 9.90 Å². The molecule has 2 amide bonds. The number of urea groups is 1. The standard InChI is InChI=1S/C29H52N2O2/c1-5-6-7-8-9-10-11-12-13-14-15-16-17-18-19-20-23-30-28(33)31-25-21-22-27(32)26(24-25)29(2,3)4/h21-22,24,32H,5-20,23H2,1-4H3,(H2,30,31,33). The molecule has 0 heterocycles. The van der Waals surface area contributed by atoms with Gasteiger partial charge in [-0.05, 0) is 30.0 Å². The fourth-order valence-corrected chi connectivity index (χ4v) is 4.26. The summed E-state index contributed by atoms with van der Waals surface area (Å²) in [6, 6.07) is 5.05. The van der Waals surface area contributed by atoms with Crippen molar-refractivity contribution in [2.45, 2.75) is 136 Å². The zero-order valence-corrected chi connectivity index (χ0v) is 22.1. The fourth-order valence-electron chi connectivity index (χ4n) is 4.26. The molecule has 190 valence electrons. The van der Waals surface area contributed by atoms with E-state index in [1.54, 1.807) is 12.1 Å². The lowest BCUT2D eigenvalue weighted by molar-refractivity contribution is 0.252. The van der Waals surface area contributed by atoms with Gasteiger partial charge in [0.25, 0.3) is 0 Å². The number of carbonyl (C=O) groups is 1. The lowest BCUT2D eigenvalue weighted by Crippen LogP contribution is -2.29. The highest BCUT2D eigenvalue weighted by Crippen LogP contribution is 2.32. The zero-order valence-electron chi connectivity index (χ0n) is 22.1. The van der Waals surface area contributed by atoms with E-state index in [1.165, 1.54) is 96.3 Å². The molecule has 1 aromatic carbocycles. The Labute approximate surface area is 204 Å². The molecule has 0 saturated heterocycles. The first kappa shape index (κ1) is 29.3. The van der Waals surface area contributed by atoms with E-state index in [4.69, 9.17) is 0 Å². The predicted octanol–water partition coefficient (Wildman–Crippen LogP) is 9.07. The molecular formula is C29H52N2O2. The van der Waals surface area contributed by atoms with Crippen LogP contribution in [0.4, 0.5) is 10.5 Å². The summed E-state index contributed by atoms with van der Waals surface area (Å²) in [5.74, 6) is 0.265. The lowest BCUT2D eigenvalue weighted by atomic mass is 9.86. The molecule has 0 spiro atoms. The number of anilines is 1. The second kappa shape index (κ2) is 17.7. The summed E-state index contributed by atoms with van der Waals surface area (Å²) in [6.07, 6.45) is 21.6. The maximum absolute atomic E-state index is 12.1. The summed E-state index contributed by atoms with van der Waals surface area (Å²) < 4.78 is 0. The second-order valence-electron chi connectivity index (χ2n) is 10.7. The number of nitrogens with one attached hydrogen (secondary N) is 2. The van der Waals surface area contributed by atoms with E-state index >= 15 is 0 Å². The van der Waals surface area contributed by atoms with Crippen LogP contribution < -0.4 is 10.6 Å². The van der Waals surface area contributed by atoms with E-state index in [1.807, 2.05) is 26.8 Å². The van der Waals surface area contributed by atoms with Gasteiger partial charge >= 0.3 is 6.03 Å². The highest BCUT2D eigenvalue weighted by Gasteiger charge is 2.18. The van der Waals surface area contributed by atoms with Gasteiger partial charge in [-0.2, -0.15) is 0 Å². The van der Waals surface area contributed by atoms with Gasteiger partial charge in [-0.15, -0.1) is 0 Å². The van der Waals surface area contributed by atoms with Crippen molar-refractivity contribution in [1.82, 2.24) is 5.32 Å². The maximum atomic E-state index is 12.1. The number of carbonyl (C=O) groups excluding carboxylic acids is 1.